The van der Waals surface area contributed by atoms with E-state index in [1.54, 1.807) is 25.3 Å². The van der Waals surface area contributed by atoms with Gasteiger partial charge < -0.3 is 19.5 Å². The fourth-order valence-corrected chi connectivity index (χ4v) is 1.98. The van der Waals surface area contributed by atoms with Crippen LogP contribution >= 0.6 is 0 Å². The molecule has 0 aliphatic carbocycles. The van der Waals surface area contributed by atoms with E-state index >= 15 is 0 Å². The molecule has 1 N–H and O–H groups in total. The van der Waals surface area contributed by atoms with Crippen LogP contribution in [0.3, 0.4) is 0 Å². The van der Waals surface area contributed by atoms with Gasteiger partial charge in [-0.15, -0.1) is 0 Å². The molecule has 1 heterocycles. The zero-order valence-corrected chi connectivity index (χ0v) is 11.4. The van der Waals surface area contributed by atoms with Crippen molar-refractivity contribution in [1.29, 1.82) is 5.26 Å². The van der Waals surface area contributed by atoms with Crippen LogP contribution in [-0.4, -0.2) is 32.2 Å². The fraction of sp³-hybridized carbons (Fsp3) is 0.500. The minimum absolute atomic E-state index is 0.0206. The van der Waals surface area contributed by atoms with Gasteiger partial charge in [0.15, 0.2) is 5.79 Å². The van der Waals surface area contributed by atoms with E-state index in [1.165, 1.54) is 0 Å². The number of ether oxygens (including phenoxy) is 3. The van der Waals surface area contributed by atoms with Gasteiger partial charge in [-0.1, -0.05) is 0 Å². The minimum atomic E-state index is -0.529. The first-order valence-electron chi connectivity index (χ1n) is 6.18. The monoisotopic (exact) mass is 262 g/mol. The first kappa shape index (κ1) is 13.7. The summed E-state index contributed by atoms with van der Waals surface area (Å²) in [5.41, 5.74) is 1.33. The van der Waals surface area contributed by atoms with Gasteiger partial charge in [0, 0.05) is 12.6 Å². The highest BCUT2D eigenvalue weighted by Gasteiger charge is 2.32. The molecule has 5 heteroatoms. The molecule has 0 amide bonds. The maximum Gasteiger partial charge on any atom is 0.163 e. The minimum Gasteiger partial charge on any atom is -0.497 e. The van der Waals surface area contributed by atoms with Crippen molar-refractivity contribution in [3.05, 3.63) is 23.8 Å². The highest BCUT2D eigenvalue weighted by Crippen LogP contribution is 2.25. The lowest BCUT2D eigenvalue weighted by Crippen LogP contribution is -2.26. The summed E-state index contributed by atoms with van der Waals surface area (Å²) in [6.07, 6.45) is -0.0206. The summed E-state index contributed by atoms with van der Waals surface area (Å²) in [7, 11) is 1.60. The van der Waals surface area contributed by atoms with Gasteiger partial charge in [-0.3, -0.25) is 0 Å². The average molecular weight is 262 g/mol. The Bertz CT molecular complexity index is 494. The van der Waals surface area contributed by atoms with Crippen molar-refractivity contribution in [2.45, 2.75) is 25.7 Å². The molecule has 1 unspecified atom stereocenters. The van der Waals surface area contributed by atoms with Gasteiger partial charge in [0.05, 0.1) is 25.0 Å². The number of rotatable bonds is 4. The molecule has 2 rings (SSSR count). The van der Waals surface area contributed by atoms with Crippen molar-refractivity contribution >= 4 is 5.69 Å². The lowest BCUT2D eigenvalue weighted by molar-refractivity contribution is -0.136. The first-order chi connectivity index (χ1) is 9.04. The molecule has 5 nitrogen and oxygen atoms in total. The average Bonchev–Trinajstić information content (AvgIpc) is 2.75. The maximum absolute atomic E-state index is 9.07. The van der Waals surface area contributed by atoms with Crippen LogP contribution in [0.2, 0.25) is 0 Å². The third-order valence-electron chi connectivity index (χ3n) is 2.93. The van der Waals surface area contributed by atoms with Gasteiger partial charge in [0.25, 0.3) is 0 Å². The highest BCUT2D eigenvalue weighted by atomic mass is 16.7. The number of hydrogen-bond acceptors (Lipinski definition) is 5. The number of nitriles is 1. The second-order valence-electron chi connectivity index (χ2n) is 4.85. The standard InChI is InChI=1S/C14H18N2O3/c1-14(2)18-9-12(19-14)8-16-13-6-11(17-3)5-4-10(13)7-15/h4-6,12,16H,8-9H2,1-3H3. The van der Waals surface area contributed by atoms with Crippen LogP contribution in [0, 0.1) is 11.3 Å². The molecule has 1 aromatic rings. The van der Waals surface area contributed by atoms with Crippen molar-refractivity contribution < 1.29 is 14.2 Å². The van der Waals surface area contributed by atoms with Gasteiger partial charge >= 0.3 is 0 Å². The predicted octanol–water partition coefficient (Wildman–Crippen LogP) is 2.13. The zero-order chi connectivity index (χ0) is 13.9. The molecule has 1 fully saturated rings. The number of anilines is 1. The van der Waals surface area contributed by atoms with E-state index in [0.717, 1.165) is 5.69 Å². The number of benzene rings is 1. The third-order valence-corrected chi connectivity index (χ3v) is 2.93. The SMILES string of the molecule is COc1ccc(C#N)c(NCC2COC(C)(C)O2)c1. The van der Waals surface area contributed by atoms with Gasteiger partial charge in [0.2, 0.25) is 0 Å². The summed E-state index contributed by atoms with van der Waals surface area (Å²) in [6.45, 7) is 4.91. The van der Waals surface area contributed by atoms with E-state index in [9.17, 15) is 0 Å². The second-order valence-corrected chi connectivity index (χ2v) is 4.85. The molecule has 0 bridgehead atoms. The van der Waals surface area contributed by atoms with Crippen molar-refractivity contribution in [3.8, 4) is 11.8 Å². The van der Waals surface area contributed by atoms with Crippen molar-refractivity contribution in [2.24, 2.45) is 0 Å². The summed E-state index contributed by atoms with van der Waals surface area (Å²) in [6, 6.07) is 7.45. The van der Waals surface area contributed by atoms with Gasteiger partial charge in [-0.2, -0.15) is 5.26 Å². The summed E-state index contributed by atoms with van der Waals surface area (Å²) in [4.78, 5) is 0. The summed E-state index contributed by atoms with van der Waals surface area (Å²) in [5.74, 6) is 0.184. The van der Waals surface area contributed by atoms with Crippen molar-refractivity contribution in [3.63, 3.8) is 0 Å². The van der Waals surface area contributed by atoms with Gasteiger partial charge in [-0.25, -0.2) is 0 Å². The first-order valence-corrected chi connectivity index (χ1v) is 6.18. The molecule has 1 aromatic carbocycles. The quantitative estimate of drug-likeness (QED) is 0.900. The molecule has 0 saturated carbocycles. The fourth-order valence-electron chi connectivity index (χ4n) is 1.98. The van der Waals surface area contributed by atoms with Gasteiger partial charge in [0.1, 0.15) is 17.9 Å². The topological polar surface area (TPSA) is 63.5 Å². The Morgan fingerprint density at radius 1 is 1.53 bits per heavy atom. The summed E-state index contributed by atoms with van der Waals surface area (Å²) in [5, 5.41) is 12.3. The normalized spacial score (nSPS) is 20.8. The van der Waals surface area contributed by atoms with Crippen molar-refractivity contribution in [2.75, 3.05) is 25.6 Å². The summed E-state index contributed by atoms with van der Waals surface area (Å²) < 4.78 is 16.3. The Morgan fingerprint density at radius 2 is 2.32 bits per heavy atom. The Labute approximate surface area is 113 Å². The smallest absolute Gasteiger partial charge is 0.163 e. The molecule has 0 radical (unpaired) electrons. The third kappa shape index (κ3) is 3.37. The molecular formula is C14H18N2O3. The lowest BCUT2D eigenvalue weighted by Gasteiger charge is -2.18. The number of nitrogens with zero attached hydrogens (tertiary/aromatic N) is 1. The van der Waals surface area contributed by atoms with Crippen LogP contribution in [0.4, 0.5) is 5.69 Å². The molecule has 1 saturated heterocycles. The van der Waals surface area contributed by atoms with E-state index in [-0.39, 0.29) is 6.10 Å². The van der Waals surface area contributed by atoms with E-state index < -0.39 is 5.79 Å². The van der Waals surface area contributed by atoms with E-state index in [2.05, 4.69) is 11.4 Å². The van der Waals surface area contributed by atoms with E-state index in [1.807, 2.05) is 13.8 Å². The molecule has 0 aromatic heterocycles. The van der Waals surface area contributed by atoms with E-state index in [0.29, 0.717) is 24.5 Å². The van der Waals surface area contributed by atoms with Crippen LogP contribution in [0.25, 0.3) is 0 Å². The van der Waals surface area contributed by atoms with E-state index in [4.69, 9.17) is 19.5 Å². The molecular weight excluding hydrogens is 244 g/mol. The predicted molar refractivity (Wildman–Crippen MR) is 71.1 cm³/mol. The highest BCUT2D eigenvalue weighted by molar-refractivity contribution is 5.60. The molecule has 1 aliphatic heterocycles. The molecule has 1 atom stereocenters. The number of nitrogens with one attached hydrogen (secondary N) is 1. The largest absolute Gasteiger partial charge is 0.497 e. The molecule has 0 spiro atoms. The zero-order valence-electron chi connectivity index (χ0n) is 11.4. The van der Waals surface area contributed by atoms with Crippen LogP contribution in [0.5, 0.6) is 5.75 Å². The Hall–Kier alpha value is -1.77. The Balaban J connectivity index is 2.01. The maximum atomic E-state index is 9.07. The lowest BCUT2D eigenvalue weighted by atomic mass is 10.2. The van der Waals surface area contributed by atoms with Crippen LogP contribution in [-0.2, 0) is 9.47 Å². The Kier molecular flexibility index (Phi) is 3.93. The van der Waals surface area contributed by atoms with Gasteiger partial charge in [-0.05, 0) is 26.0 Å². The molecule has 1 aliphatic rings. The Morgan fingerprint density at radius 3 is 2.89 bits per heavy atom. The van der Waals surface area contributed by atoms with Crippen LogP contribution in [0.1, 0.15) is 19.4 Å². The van der Waals surface area contributed by atoms with Crippen LogP contribution < -0.4 is 10.1 Å². The summed E-state index contributed by atoms with van der Waals surface area (Å²) >= 11 is 0. The van der Waals surface area contributed by atoms with Crippen molar-refractivity contribution in [1.82, 2.24) is 0 Å². The van der Waals surface area contributed by atoms with Crippen LogP contribution in [0.15, 0.2) is 18.2 Å². The molecule has 19 heavy (non-hydrogen) atoms. The number of methoxy groups -OCH3 is 1. The number of hydrogen-bond donors (Lipinski definition) is 1. The second kappa shape index (κ2) is 5.47. The molecule has 102 valence electrons.